The Morgan fingerprint density at radius 1 is 1.17 bits per heavy atom. The summed E-state index contributed by atoms with van der Waals surface area (Å²) in [5.41, 5.74) is 4.12. The van der Waals surface area contributed by atoms with E-state index in [-0.39, 0.29) is 12.7 Å². The SMILES string of the molecule is O=C(CCCc1c[nH]c2ccccc12)Nc1nc(-c2ccc3c(c2)OCO3)cs1. The van der Waals surface area contributed by atoms with Gasteiger partial charge >= 0.3 is 0 Å². The number of aromatic nitrogens is 2. The van der Waals surface area contributed by atoms with Crippen LogP contribution in [0.15, 0.2) is 54.0 Å². The van der Waals surface area contributed by atoms with Crippen LogP contribution < -0.4 is 14.8 Å². The van der Waals surface area contributed by atoms with Gasteiger partial charge in [0, 0.05) is 34.5 Å². The molecule has 0 unspecified atom stereocenters. The Balaban J connectivity index is 1.17. The largest absolute Gasteiger partial charge is 0.454 e. The molecule has 2 N–H and O–H groups in total. The summed E-state index contributed by atoms with van der Waals surface area (Å²) >= 11 is 1.42. The number of H-pyrrole nitrogens is 1. The van der Waals surface area contributed by atoms with E-state index in [1.54, 1.807) is 0 Å². The van der Waals surface area contributed by atoms with Crippen molar-refractivity contribution in [2.45, 2.75) is 19.3 Å². The number of nitrogens with one attached hydrogen (secondary N) is 2. The molecule has 5 rings (SSSR count). The van der Waals surface area contributed by atoms with Crippen molar-refractivity contribution in [1.82, 2.24) is 9.97 Å². The highest BCUT2D eigenvalue weighted by Crippen LogP contribution is 2.36. The minimum Gasteiger partial charge on any atom is -0.454 e. The lowest BCUT2D eigenvalue weighted by molar-refractivity contribution is -0.116. The molecule has 1 aliphatic rings. The van der Waals surface area contributed by atoms with Crippen LogP contribution in [0.2, 0.25) is 0 Å². The number of hydrogen-bond acceptors (Lipinski definition) is 5. The maximum absolute atomic E-state index is 12.3. The van der Waals surface area contributed by atoms with Crippen molar-refractivity contribution in [2.75, 3.05) is 12.1 Å². The van der Waals surface area contributed by atoms with Gasteiger partial charge in [0.15, 0.2) is 16.6 Å². The van der Waals surface area contributed by atoms with Gasteiger partial charge in [0.25, 0.3) is 0 Å². The first-order chi connectivity index (χ1) is 14.3. The number of nitrogens with zero attached hydrogens (tertiary/aromatic N) is 1. The van der Waals surface area contributed by atoms with Gasteiger partial charge in [-0.25, -0.2) is 4.98 Å². The number of aryl methyl sites for hydroxylation is 1. The first-order valence-electron chi connectivity index (χ1n) is 9.47. The van der Waals surface area contributed by atoms with E-state index in [0.717, 1.165) is 41.1 Å². The van der Waals surface area contributed by atoms with Crippen molar-refractivity contribution in [3.63, 3.8) is 0 Å². The van der Waals surface area contributed by atoms with Gasteiger partial charge in [-0.2, -0.15) is 0 Å². The molecule has 2 aromatic carbocycles. The first-order valence-corrected chi connectivity index (χ1v) is 10.3. The fraction of sp³-hybridized carbons (Fsp3) is 0.182. The van der Waals surface area contributed by atoms with Crippen LogP contribution in [0.1, 0.15) is 18.4 Å². The standard InChI is InChI=1S/C22H19N3O3S/c26-21(7-3-4-15-11-23-17-6-2-1-5-16(15)17)25-22-24-18(12-29-22)14-8-9-19-20(10-14)28-13-27-19/h1-2,5-6,8-12,23H,3-4,7,13H2,(H,24,25,26). The van der Waals surface area contributed by atoms with Crippen LogP contribution in [0.4, 0.5) is 5.13 Å². The van der Waals surface area contributed by atoms with Crippen LogP contribution in [-0.2, 0) is 11.2 Å². The minimum atomic E-state index is -0.0172. The smallest absolute Gasteiger partial charge is 0.231 e. The number of ether oxygens (including phenoxy) is 2. The van der Waals surface area contributed by atoms with Crippen LogP contribution in [0, 0.1) is 0 Å². The highest BCUT2D eigenvalue weighted by Gasteiger charge is 2.15. The quantitative estimate of drug-likeness (QED) is 0.474. The summed E-state index contributed by atoms with van der Waals surface area (Å²) in [4.78, 5) is 20.1. The van der Waals surface area contributed by atoms with Crippen molar-refractivity contribution in [3.05, 3.63) is 59.6 Å². The highest BCUT2D eigenvalue weighted by atomic mass is 32.1. The number of rotatable bonds is 6. The maximum atomic E-state index is 12.3. The number of anilines is 1. The second kappa shape index (κ2) is 7.60. The van der Waals surface area contributed by atoms with E-state index in [2.05, 4.69) is 27.4 Å². The Kier molecular flexibility index (Phi) is 4.65. The summed E-state index contributed by atoms with van der Waals surface area (Å²) < 4.78 is 10.8. The second-order valence-electron chi connectivity index (χ2n) is 6.87. The lowest BCUT2D eigenvalue weighted by Gasteiger charge is -2.02. The molecule has 4 aromatic rings. The van der Waals surface area contributed by atoms with Crippen LogP contribution in [0.3, 0.4) is 0 Å². The number of benzene rings is 2. The summed E-state index contributed by atoms with van der Waals surface area (Å²) in [5, 5.41) is 6.67. The highest BCUT2D eigenvalue weighted by molar-refractivity contribution is 7.14. The van der Waals surface area contributed by atoms with E-state index < -0.39 is 0 Å². The third-order valence-electron chi connectivity index (χ3n) is 4.94. The van der Waals surface area contributed by atoms with Crippen molar-refractivity contribution in [2.24, 2.45) is 0 Å². The molecule has 146 valence electrons. The van der Waals surface area contributed by atoms with Gasteiger partial charge < -0.3 is 19.8 Å². The van der Waals surface area contributed by atoms with Crippen molar-refractivity contribution < 1.29 is 14.3 Å². The molecule has 29 heavy (non-hydrogen) atoms. The summed E-state index contributed by atoms with van der Waals surface area (Å²) in [6.45, 7) is 0.246. The Labute approximate surface area is 171 Å². The summed E-state index contributed by atoms with van der Waals surface area (Å²) in [5.74, 6) is 1.45. The number of thiazole rings is 1. The van der Waals surface area contributed by atoms with E-state index in [9.17, 15) is 4.79 Å². The summed E-state index contributed by atoms with van der Waals surface area (Å²) in [7, 11) is 0. The van der Waals surface area contributed by atoms with E-state index in [1.165, 1.54) is 22.3 Å². The molecule has 3 heterocycles. The minimum absolute atomic E-state index is 0.0172. The zero-order chi connectivity index (χ0) is 19.6. The second-order valence-corrected chi connectivity index (χ2v) is 7.73. The average Bonchev–Trinajstić information content (AvgIpc) is 3.47. The normalized spacial score (nSPS) is 12.4. The van der Waals surface area contributed by atoms with Crippen molar-refractivity contribution >= 4 is 33.3 Å². The fourth-order valence-corrected chi connectivity index (χ4v) is 4.22. The summed E-state index contributed by atoms with van der Waals surface area (Å²) in [6, 6.07) is 13.9. The number of carbonyl (C=O) groups is 1. The van der Waals surface area contributed by atoms with Gasteiger partial charge in [-0.15, -0.1) is 11.3 Å². The number of aromatic amines is 1. The van der Waals surface area contributed by atoms with Crippen LogP contribution in [0.5, 0.6) is 11.5 Å². The molecule has 0 atom stereocenters. The molecule has 7 heteroatoms. The van der Waals surface area contributed by atoms with Gasteiger partial charge in [-0.3, -0.25) is 4.79 Å². The molecule has 2 aromatic heterocycles. The Morgan fingerprint density at radius 3 is 3.03 bits per heavy atom. The zero-order valence-electron chi connectivity index (χ0n) is 15.6. The van der Waals surface area contributed by atoms with Gasteiger partial charge in [0.1, 0.15) is 0 Å². The number of fused-ring (bicyclic) bond motifs is 2. The number of hydrogen-bond donors (Lipinski definition) is 2. The maximum Gasteiger partial charge on any atom is 0.231 e. The van der Waals surface area contributed by atoms with E-state index in [1.807, 2.05) is 41.9 Å². The molecule has 6 nitrogen and oxygen atoms in total. The lowest BCUT2D eigenvalue weighted by atomic mass is 10.1. The van der Waals surface area contributed by atoms with Crippen LogP contribution in [-0.4, -0.2) is 22.7 Å². The Hall–Kier alpha value is -3.32. The fourth-order valence-electron chi connectivity index (χ4n) is 3.48. The molecular weight excluding hydrogens is 386 g/mol. The lowest BCUT2D eigenvalue weighted by Crippen LogP contribution is -2.11. The molecule has 0 aliphatic carbocycles. The molecule has 0 bridgehead atoms. The molecule has 0 radical (unpaired) electrons. The monoisotopic (exact) mass is 405 g/mol. The predicted molar refractivity (Wildman–Crippen MR) is 114 cm³/mol. The zero-order valence-corrected chi connectivity index (χ0v) is 16.4. The van der Waals surface area contributed by atoms with Crippen LogP contribution >= 0.6 is 11.3 Å². The van der Waals surface area contributed by atoms with Gasteiger partial charge in [0.2, 0.25) is 12.7 Å². The van der Waals surface area contributed by atoms with E-state index >= 15 is 0 Å². The predicted octanol–water partition coefficient (Wildman–Crippen LogP) is 4.98. The molecule has 0 spiro atoms. The van der Waals surface area contributed by atoms with E-state index in [0.29, 0.717) is 11.6 Å². The third-order valence-corrected chi connectivity index (χ3v) is 5.70. The Morgan fingerprint density at radius 2 is 2.07 bits per heavy atom. The number of amides is 1. The molecule has 0 saturated heterocycles. The van der Waals surface area contributed by atoms with Crippen molar-refractivity contribution in [3.8, 4) is 22.8 Å². The molecule has 1 aliphatic heterocycles. The van der Waals surface area contributed by atoms with Crippen LogP contribution in [0.25, 0.3) is 22.2 Å². The van der Waals surface area contributed by atoms with Crippen molar-refractivity contribution in [1.29, 1.82) is 0 Å². The topological polar surface area (TPSA) is 76.2 Å². The molecule has 0 fully saturated rings. The number of para-hydroxylation sites is 1. The summed E-state index contributed by atoms with van der Waals surface area (Å²) in [6.07, 6.45) is 4.13. The Bertz CT molecular complexity index is 1180. The van der Waals surface area contributed by atoms with Gasteiger partial charge in [0.05, 0.1) is 5.69 Å². The van der Waals surface area contributed by atoms with Gasteiger partial charge in [-0.1, -0.05) is 18.2 Å². The first kappa shape index (κ1) is 17.8. The molecular formula is C22H19N3O3S. The van der Waals surface area contributed by atoms with Gasteiger partial charge in [-0.05, 0) is 42.7 Å². The van der Waals surface area contributed by atoms with E-state index in [4.69, 9.17) is 9.47 Å². The molecule has 1 amide bonds. The molecule has 0 saturated carbocycles. The third kappa shape index (κ3) is 3.69. The average molecular weight is 405 g/mol. The number of carbonyl (C=O) groups excluding carboxylic acids is 1.